The third kappa shape index (κ3) is 6.55. The van der Waals surface area contributed by atoms with Gasteiger partial charge in [0.2, 0.25) is 12.4 Å². The van der Waals surface area contributed by atoms with Crippen molar-refractivity contribution in [2.24, 2.45) is 0 Å². The summed E-state index contributed by atoms with van der Waals surface area (Å²) in [5.41, 5.74) is 10.5. The zero-order valence-corrected chi connectivity index (χ0v) is 23.3. The molecule has 2 aromatic carbocycles. The van der Waals surface area contributed by atoms with Crippen molar-refractivity contribution in [3.05, 3.63) is 76.6 Å². The van der Waals surface area contributed by atoms with E-state index < -0.39 is 12.4 Å². The normalized spacial score (nSPS) is 14.5. The Morgan fingerprint density at radius 3 is 2.46 bits per heavy atom. The minimum atomic E-state index is -2.25. The number of halogens is 3. The number of hydrogen-bond acceptors (Lipinski definition) is 6. The van der Waals surface area contributed by atoms with Crippen molar-refractivity contribution in [1.29, 1.82) is 0 Å². The first kappa shape index (κ1) is 28.6. The van der Waals surface area contributed by atoms with E-state index in [4.69, 9.17) is 5.73 Å². The molecule has 1 aliphatic heterocycles. The van der Waals surface area contributed by atoms with E-state index >= 15 is 4.39 Å². The zero-order valence-electron chi connectivity index (χ0n) is 23.3. The third-order valence-electron chi connectivity index (χ3n) is 7.58. The number of fused-ring (bicyclic) bond motifs is 1. The van der Waals surface area contributed by atoms with Crippen LogP contribution in [0, 0.1) is 5.95 Å². The molecule has 1 fully saturated rings. The average molecular weight is 565 g/mol. The number of hydrogen-bond donors (Lipinski definition) is 2. The number of aromatic nitrogens is 2. The number of rotatable bonds is 9. The Morgan fingerprint density at radius 1 is 1.00 bits per heavy atom. The molecule has 3 heterocycles. The highest BCUT2D eigenvalue weighted by Gasteiger charge is 2.21. The summed E-state index contributed by atoms with van der Waals surface area (Å²) in [5.74, 6) is -0.573. The second-order valence-electron chi connectivity index (χ2n) is 10.8. The first-order chi connectivity index (χ1) is 19.7. The number of benzene rings is 2. The topological polar surface area (TPSA) is 81.5 Å². The van der Waals surface area contributed by atoms with Crippen LogP contribution in [0.2, 0.25) is 0 Å². The molecule has 0 amide bonds. The van der Waals surface area contributed by atoms with Crippen molar-refractivity contribution < 1.29 is 13.2 Å². The third-order valence-corrected chi connectivity index (χ3v) is 7.58. The van der Waals surface area contributed by atoms with Crippen LogP contribution in [-0.4, -0.2) is 73.0 Å². The Balaban J connectivity index is 1.44. The number of piperazine rings is 1. The number of aromatic amines is 1. The standard InChI is InChI=1S/C31H35F3N6O/c1-38(2)19-23-17-20(6-8-27(23)40-14-12-39(13-15-40)11-3-4-28(32)33)25-18-26(30(35)37-29(25)34)21-5-7-24-22(16-21)9-10-36-31(24)41/h5-10,16-18,28H,3-4,11-15,19H2,1-2H3,(H2,35,37)(H,36,41). The lowest BCUT2D eigenvalue weighted by Crippen LogP contribution is -2.47. The van der Waals surface area contributed by atoms with Crippen molar-refractivity contribution in [2.45, 2.75) is 25.8 Å². The molecule has 3 N–H and O–H groups in total. The van der Waals surface area contributed by atoms with Gasteiger partial charge in [-0.05, 0) is 85.5 Å². The number of pyridine rings is 2. The molecule has 7 nitrogen and oxygen atoms in total. The number of alkyl halides is 2. The van der Waals surface area contributed by atoms with Crippen molar-refractivity contribution in [3.63, 3.8) is 0 Å². The fourth-order valence-corrected chi connectivity index (χ4v) is 5.51. The molecule has 1 aliphatic rings. The molecule has 10 heteroatoms. The van der Waals surface area contributed by atoms with Gasteiger partial charge in [0.05, 0.1) is 0 Å². The lowest BCUT2D eigenvalue weighted by atomic mass is 9.97. The van der Waals surface area contributed by atoms with Crippen LogP contribution in [0.3, 0.4) is 0 Å². The number of nitrogens with one attached hydrogen (secondary N) is 1. The minimum Gasteiger partial charge on any atom is -0.383 e. The van der Waals surface area contributed by atoms with E-state index in [0.717, 1.165) is 48.4 Å². The number of nitrogens with zero attached hydrogens (tertiary/aromatic N) is 4. The summed E-state index contributed by atoms with van der Waals surface area (Å²) < 4.78 is 40.3. The summed E-state index contributed by atoms with van der Waals surface area (Å²) in [6.07, 6.45) is -0.223. The Kier molecular flexibility index (Phi) is 8.60. The molecule has 0 radical (unpaired) electrons. The largest absolute Gasteiger partial charge is 0.383 e. The number of nitrogen functional groups attached to an aromatic ring is 1. The molecule has 0 bridgehead atoms. The van der Waals surface area contributed by atoms with Crippen LogP contribution in [0.1, 0.15) is 18.4 Å². The SMILES string of the molecule is CN(C)Cc1cc(-c2cc(-c3ccc4c(=O)[nH]ccc4c3)c(N)nc2F)ccc1N1CCN(CCCC(F)F)CC1. The fourth-order valence-electron chi connectivity index (χ4n) is 5.51. The number of anilines is 2. The van der Waals surface area contributed by atoms with E-state index in [1.165, 1.54) is 0 Å². The van der Waals surface area contributed by atoms with E-state index in [9.17, 15) is 13.6 Å². The molecule has 0 atom stereocenters. The van der Waals surface area contributed by atoms with Crippen molar-refractivity contribution in [2.75, 3.05) is 57.5 Å². The predicted octanol–water partition coefficient (Wildman–Crippen LogP) is 5.21. The van der Waals surface area contributed by atoms with Gasteiger partial charge in [0.25, 0.3) is 5.56 Å². The molecular weight excluding hydrogens is 529 g/mol. The molecule has 2 aromatic heterocycles. The summed E-state index contributed by atoms with van der Waals surface area (Å²) in [6.45, 7) is 4.55. The van der Waals surface area contributed by atoms with Gasteiger partial charge in [-0.2, -0.15) is 4.39 Å². The maximum Gasteiger partial charge on any atom is 0.255 e. The van der Waals surface area contributed by atoms with Crippen molar-refractivity contribution >= 4 is 22.3 Å². The van der Waals surface area contributed by atoms with E-state index in [1.807, 2.05) is 44.4 Å². The monoisotopic (exact) mass is 564 g/mol. The number of H-pyrrole nitrogens is 1. The maximum atomic E-state index is 15.3. The van der Waals surface area contributed by atoms with Gasteiger partial charge in [-0.1, -0.05) is 12.1 Å². The molecular formula is C31H35F3N6O. The lowest BCUT2D eigenvalue weighted by Gasteiger charge is -2.37. The molecule has 4 aromatic rings. The van der Waals surface area contributed by atoms with Gasteiger partial charge >= 0.3 is 0 Å². The van der Waals surface area contributed by atoms with Crippen LogP contribution in [0.5, 0.6) is 0 Å². The molecule has 216 valence electrons. The fraction of sp³-hybridized carbons (Fsp3) is 0.355. The highest BCUT2D eigenvalue weighted by atomic mass is 19.3. The lowest BCUT2D eigenvalue weighted by molar-refractivity contribution is 0.127. The van der Waals surface area contributed by atoms with Crippen LogP contribution >= 0.6 is 0 Å². The molecule has 0 spiro atoms. The van der Waals surface area contributed by atoms with Crippen LogP contribution < -0.4 is 16.2 Å². The summed E-state index contributed by atoms with van der Waals surface area (Å²) >= 11 is 0. The zero-order chi connectivity index (χ0) is 29.1. The smallest absolute Gasteiger partial charge is 0.255 e. The van der Waals surface area contributed by atoms with Crippen molar-refractivity contribution in [1.82, 2.24) is 19.8 Å². The van der Waals surface area contributed by atoms with Crippen LogP contribution in [0.4, 0.5) is 24.7 Å². The van der Waals surface area contributed by atoms with Gasteiger partial charge in [0.1, 0.15) is 5.82 Å². The summed E-state index contributed by atoms with van der Waals surface area (Å²) in [6, 6.07) is 14.8. The number of nitrogens with two attached hydrogens (primary N) is 1. The Bertz CT molecular complexity index is 1580. The van der Waals surface area contributed by atoms with E-state index in [2.05, 4.69) is 24.7 Å². The molecule has 0 saturated carbocycles. The van der Waals surface area contributed by atoms with Crippen molar-refractivity contribution in [3.8, 4) is 22.3 Å². The molecule has 0 unspecified atom stereocenters. The van der Waals surface area contributed by atoms with E-state index in [-0.39, 0.29) is 17.8 Å². The van der Waals surface area contributed by atoms with Gasteiger partial charge in [-0.25, -0.2) is 13.8 Å². The van der Waals surface area contributed by atoms with Gasteiger partial charge < -0.3 is 20.5 Å². The molecule has 0 aliphatic carbocycles. The summed E-state index contributed by atoms with van der Waals surface area (Å²) in [5, 5.41) is 1.31. The second kappa shape index (κ2) is 12.3. The molecule has 41 heavy (non-hydrogen) atoms. The van der Waals surface area contributed by atoms with Gasteiger partial charge in [-0.3, -0.25) is 9.69 Å². The van der Waals surface area contributed by atoms with Gasteiger partial charge in [-0.15, -0.1) is 0 Å². The van der Waals surface area contributed by atoms with E-state index in [0.29, 0.717) is 41.6 Å². The quantitative estimate of drug-likeness (QED) is 0.272. The molecule has 1 saturated heterocycles. The Morgan fingerprint density at radius 2 is 1.73 bits per heavy atom. The highest BCUT2D eigenvalue weighted by molar-refractivity contribution is 5.89. The Labute approximate surface area is 237 Å². The molecule has 5 rings (SSSR count). The van der Waals surface area contributed by atoms with Crippen LogP contribution in [0.15, 0.2) is 59.5 Å². The predicted molar refractivity (Wildman–Crippen MR) is 159 cm³/mol. The minimum absolute atomic E-state index is 0.0619. The summed E-state index contributed by atoms with van der Waals surface area (Å²) in [4.78, 5) is 25.5. The average Bonchev–Trinajstić information content (AvgIpc) is 2.93. The highest BCUT2D eigenvalue weighted by Crippen LogP contribution is 2.35. The maximum absolute atomic E-state index is 15.3. The van der Waals surface area contributed by atoms with Gasteiger partial charge in [0, 0.05) is 67.5 Å². The first-order valence-corrected chi connectivity index (χ1v) is 13.8. The first-order valence-electron chi connectivity index (χ1n) is 13.8. The Hall–Kier alpha value is -3.89. The van der Waals surface area contributed by atoms with Gasteiger partial charge in [0.15, 0.2) is 0 Å². The van der Waals surface area contributed by atoms with Crippen LogP contribution in [0.25, 0.3) is 33.0 Å². The van der Waals surface area contributed by atoms with E-state index in [1.54, 1.807) is 24.4 Å². The van der Waals surface area contributed by atoms with Crippen LogP contribution in [-0.2, 0) is 6.54 Å². The second-order valence-corrected chi connectivity index (χ2v) is 10.8. The summed E-state index contributed by atoms with van der Waals surface area (Å²) in [7, 11) is 3.98.